The lowest BCUT2D eigenvalue weighted by Gasteiger charge is -2.47. The van der Waals surface area contributed by atoms with Crippen LogP contribution in [0.2, 0.25) is 0 Å². The summed E-state index contributed by atoms with van der Waals surface area (Å²) < 4.78 is 22.2. The van der Waals surface area contributed by atoms with Crippen LogP contribution >= 0.6 is 0 Å². The van der Waals surface area contributed by atoms with E-state index in [1.165, 1.54) is 6.92 Å². The van der Waals surface area contributed by atoms with Gasteiger partial charge in [-0.3, -0.25) is 0 Å². The highest BCUT2D eigenvalue weighted by Crippen LogP contribution is 2.38. The van der Waals surface area contributed by atoms with Crippen LogP contribution in [0.25, 0.3) is 11.0 Å². The summed E-state index contributed by atoms with van der Waals surface area (Å²) in [4.78, 5) is 23.2. The Labute approximate surface area is 167 Å². The molecule has 1 fully saturated rings. The van der Waals surface area contributed by atoms with Gasteiger partial charge in [0, 0.05) is 11.5 Å². The molecule has 9 heteroatoms. The SMILES string of the molecule is Cc1c(O)c2ccc(O[C@@H]3OC(C)(C)[C@H](C)[C@H](OC(N)=O)C3O)c(C)c2oc1=O. The molecular formula is C20H25NO8. The van der Waals surface area contributed by atoms with Crippen LogP contribution < -0.4 is 16.1 Å². The zero-order valence-corrected chi connectivity index (χ0v) is 16.9. The van der Waals surface area contributed by atoms with E-state index in [1.54, 1.807) is 39.8 Å². The van der Waals surface area contributed by atoms with E-state index < -0.39 is 35.8 Å². The van der Waals surface area contributed by atoms with Crippen molar-refractivity contribution in [1.29, 1.82) is 0 Å². The largest absolute Gasteiger partial charge is 0.507 e. The summed E-state index contributed by atoms with van der Waals surface area (Å²) in [5.74, 6) is -0.249. The lowest BCUT2D eigenvalue weighted by molar-refractivity contribution is -0.283. The van der Waals surface area contributed by atoms with E-state index in [0.29, 0.717) is 10.9 Å². The quantitative estimate of drug-likeness (QED) is 0.657. The van der Waals surface area contributed by atoms with E-state index >= 15 is 0 Å². The van der Waals surface area contributed by atoms with Crippen molar-refractivity contribution in [2.45, 2.75) is 58.7 Å². The Bertz CT molecular complexity index is 1010. The highest BCUT2D eigenvalue weighted by atomic mass is 16.7. The molecule has 1 unspecified atom stereocenters. The summed E-state index contributed by atoms with van der Waals surface area (Å²) >= 11 is 0. The molecular weight excluding hydrogens is 382 g/mol. The molecule has 3 rings (SSSR count). The molecule has 0 spiro atoms. The number of rotatable bonds is 3. The summed E-state index contributed by atoms with van der Waals surface area (Å²) in [5.41, 5.74) is 4.40. The Hall–Kier alpha value is -2.78. The normalized spacial score (nSPS) is 26.3. The van der Waals surface area contributed by atoms with Gasteiger partial charge in [-0.15, -0.1) is 0 Å². The van der Waals surface area contributed by atoms with Crippen LogP contribution in [0.3, 0.4) is 0 Å². The van der Waals surface area contributed by atoms with Gasteiger partial charge in [0.05, 0.1) is 16.6 Å². The maximum Gasteiger partial charge on any atom is 0.404 e. The van der Waals surface area contributed by atoms with Gasteiger partial charge in [0.1, 0.15) is 23.2 Å². The Balaban J connectivity index is 1.99. The number of amides is 1. The molecule has 1 aliphatic heterocycles. The fraction of sp³-hybridized carbons (Fsp3) is 0.500. The van der Waals surface area contributed by atoms with Gasteiger partial charge in [-0.25, -0.2) is 9.59 Å². The number of carbonyl (C=O) groups is 1. The van der Waals surface area contributed by atoms with E-state index in [-0.39, 0.29) is 28.6 Å². The molecule has 158 valence electrons. The molecule has 1 aliphatic rings. The second-order valence-corrected chi connectivity index (χ2v) is 7.82. The molecule has 1 saturated heterocycles. The van der Waals surface area contributed by atoms with E-state index in [2.05, 4.69) is 0 Å². The summed E-state index contributed by atoms with van der Waals surface area (Å²) in [6, 6.07) is 3.12. The number of hydrogen-bond acceptors (Lipinski definition) is 8. The molecule has 0 bridgehead atoms. The minimum absolute atomic E-state index is 0.110. The van der Waals surface area contributed by atoms with Crippen molar-refractivity contribution >= 4 is 17.1 Å². The predicted molar refractivity (Wildman–Crippen MR) is 103 cm³/mol. The maximum absolute atomic E-state index is 11.9. The van der Waals surface area contributed by atoms with Gasteiger partial charge >= 0.3 is 11.7 Å². The fourth-order valence-electron chi connectivity index (χ4n) is 3.43. The molecule has 4 N–H and O–H groups in total. The van der Waals surface area contributed by atoms with Gasteiger partial charge in [-0.2, -0.15) is 0 Å². The number of aliphatic hydroxyl groups is 1. The van der Waals surface area contributed by atoms with Crippen molar-refractivity contribution < 1.29 is 33.6 Å². The number of primary amides is 1. The number of carbonyl (C=O) groups excluding carboxylic acids is 1. The third kappa shape index (κ3) is 3.63. The Morgan fingerprint density at radius 3 is 2.52 bits per heavy atom. The molecule has 9 nitrogen and oxygen atoms in total. The first-order chi connectivity index (χ1) is 13.4. The van der Waals surface area contributed by atoms with Crippen LogP contribution in [0.15, 0.2) is 21.3 Å². The third-order valence-electron chi connectivity index (χ3n) is 5.59. The van der Waals surface area contributed by atoms with Crippen molar-refractivity contribution in [3.63, 3.8) is 0 Å². The van der Waals surface area contributed by atoms with Gasteiger partial charge in [-0.1, -0.05) is 6.92 Å². The molecule has 2 aromatic rings. The number of hydrogen-bond donors (Lipinski definition) is 3. The second kappa shape index (κ2) is 7.23. The topological polar surface area (TPSA) is 141 Å². The summed E-state index contributed by atoms with van der Waals surface area (Å²) in [7, 11) is 0. The molecule has 0 radical (unpaired) electrons. The van der Waals surface area contributed by atoms with Crippen LogP contribution in [-0.2, 0) is 9.47 Å². The Morgan fingerprint density at radius 1 is 1.24 bits per heavy atom. The van der Waals surface area contributed by atoms with Crippen LogP contribution in [-0.4, -0.2) is 40.4 Å². The minimum atomic E-state index is -1.31. The van der Waals surface area contributed by atoms with Crippen molar-refractivity contribution in [3.8, 4) is 11.5 Å². The number of fused-ring (bicyclic) bond motifs is 1. The molecule has 2 heterocycles. The number of benzene rings is 1. The average molecular weight is 407 g/mol. The van der Waals surface area contributed by atoms with Crippen molar-refractivity contribution in [2.75, 3.05) is 0 Å². The summed E-state index contributed by atoms with van der Waals surface area (Å²) in [6.45, 7) is 8.45. The van der Waals surface area contributed by atoms with Crippen LogP contribution in [0.5, 0.6) is 11.5 Å². The molecule has 1 amide bonds. The van der Waals surface area contributed by atoms with Crippen molar-refractivity contribution in [2.24, 2.45) is 11.7 Å². The maximum atomic E-state index is 11.9. The Kier molecular flexibility index (Phi) is 5.22. The van der Waals surface area contributed by atoms with Gasteiger partial charge in [0.15, 0.2) is 6.10 Å². The van der Waals surface area contributed by atoms with Gasteiger partial charge < -0.3 is 34.6 Å². The van der Waals surface area contributed by atoms with Crippen molar-refractivity contribution in [1.82, 2.24) is 0 Å². The molecule has 4 atom stereocenters. The third-order valence-corrected chi connectivity index (χ3v) is 5.59. The predicted octanol–water partition coefficient (Wildman–Crippen LogP) is 2.09. The number of aromatic hydroxyl groups is 1. The molecule has 1 aromatic heterocycles. The van der Waals surface area contributed by atoms with Crippen molar-refractivity contribution in [3.05, 3.63) is 33.7 Å². The van der Waals surface area contributed by atoms with Crippen LogP contribution in [0.4, 0.5) is 4.79 Å². The number of ether oxygens (including phenoxy) is 3. The lowest BCUT2D eigenvalue weighted by Crippen LogP contribution is -2.61. The fourth-order valence-corrected chi connectivity index (χ4v) is 3.43. The van der Waals surface area contributed by atoms with E-state index in [0.717, 1.165) is 0 Å². The standard InChI is InChI=1S/C20H25NO8/c1-8-12(7-6-11-13(22)9(2)17(24)27-15(8)11)26-18-14(23)16(28-19(21)25)10(3)20(4,5)29-18/h6-7,10,14,16,18,22-23H,1-5H3,(H2,21,25)/t10-,14?,16+,18-/m1/s1. The van der Waals surface area contributed by atoms with Gasteiger partial charge in [0.25, 0.3) is 0 Å². The summed E-state index contributed by atoms with van der Waals surface area (Å²) in [6.07, 6.45) is -4.43. The number of nitrogens with two attached hydrogens (primary N) is 1. The second-order valence-electron chi connectivity index (χ2n) is 7.82. The van der Waals surface area contributed by atoms with E-state index in [1.807, 2.05) is 0 Å². The Morgan fingerprint density at radius 2 is 1.90 bits per heavy atom. The molecule has 29 heavy (non-hydrogen) atoms. The highest BCUT2D eigenvalue weighted by molar-refractivity contribution is 5.88. The minimum Gasteiger partial charge on any atom is -0.507 e. The van der Waals surface area contributed by atoms with E-state index in [4.69, 9.17) is 24.4 Å². The molecule has 0 saturated carbocycles. The van der Waals surface area contributed by atoms with Gasteiger partial charge in [-0.05, 0) is 39.8 Å². The average Bonchev–Trinajstić information content (AvgIpc) is 2.64. The zero-order chi connectivity index (χ0) is 21.7. The number of aryl methyl sites for hydroxylation is 1. The first kappa shape index (κ1) is 20.9. The summed E-state index contributed by atoms with van der Waals surface area (Å²) in [5, 5.41) is 21.2. The zero-order valence-electron chi connectivity index (χ0n) is 16.9. The van der Waals surface area contributed by atoms with Gasteiger partial charge in [0.2, 0.25) is 6.29 Å². The monoisotopic (exact) mass is 407 g/mol. The van der Waals surface area contributed by atoms with E-state index in [9.17, 15) is 19.8 Å². The lowest BCUT2D eigenvalue weighted by atomic mass is 9.82. The first-order valence-corrected chi connectivity index (χ1v) is 9.18. The smallest absolute Gasteiger partial charge is 0.404 e. The van der Waals surface area contributed by atoms with Crippen LogP contribution in [0, 0.1) is 19.8 Å². The molecule has 0 aliphatic carbocycles. The number of aliphatic hydroxyl groups excluding tert-OH is 1. The van der Waals surface area contributed by atoms with Crippen LogP contribution in [0.1, 0.15) is 31.9 Å². The molecule has 1 aromatic carbocycles. The highest BCUT2D eigenvalue weighted by Gasteiger charge is 2.50. The first-order valence-electron chi connectivity index (χ1n) is 9.18.